The summed E-state index contributed by atoms with van der Waals surface area (Å²) in [6.45, 7) is 3.03. The normalized spacial score (nSPS) is 18.9. The number of likely N-dealkylation sites (tertiary alicyclic amines) is 1. The molecule has 4 heterocycles. The topological polar surface area (TPSA) is 58.0 Å². The first kappa shape index (κ1) is 21.1. The van der Waals surface area contributed by atoms with Gasteiger partial charge in [0.05, 0.1) is 0 Å². The van der Waals surface area contributed by atoms with Crippen LogP contribution in [0.1, 0.15) is 29.7 Å². The highest BCUT2D eigenvalue weighted by Gasteiger charge is 2.56. The lowest BCUT2D eigenvalue weighted by Gasteiger charge is -2.40. The number of H-pyrrole nitrogens is 1. The zero-order valence-corrected chi connectivity index (χ0v) is 19.2. The van der Waals surface area contributed by atoms with Crippen molar-refractivity contribution in [2.45, 2.75) is 37.8 Å². The maximum atomic E-state index is 13.4. The molecular weight excluding hydrogens is 420 g/mol. The molecule has 0 bridgehead atoms. The Kier molecular flexibility index (Phi) is 5.69. The number of carbonyl (C=O) groups excluding carboxylic acids is 2. The van der Waals surface area contributed by atoms with Gasteiger partial charge < -0.3 is 4.90 Å². The van der Waals surface area contributed by atoms with Crippen LogP contribution in [-0.2, 0) is 17.8 Å². The van der Waals surface area contributed by atoms with E-state index < -0.39 is 5.54 Å². The van der Waals surface area contributed by atoms with Crippen LogP contribution in [0.4, 0.5) is 4.79 Å². The number of thiophene rings is 1. The second kappa shape index (κ2) is 8.64. The number of imide groups is 1. The number of nitrogens with one attached hydrogen (secondary N) is 1. The predicted molar refractivity (Wildman–Crippen MR) is 125 cm³/mol. The highest BCUT2D eigenvalue weighted by atomic mass is 32.1. The Bertz CT molecular complexity index is 1090. The maximum Gasteiger partial charge on any atom is 0.327 e. The SMILES string of the molecule is CN1C(=O)N(CCCc2cc[nH+]cc2)C(=O)C12CCN(Cc1cc3ccccc3s1)CC2. The first-order valence-corrected chi connectivity index (χ1v) is 12.1. The van der Waals surface area contributed by atoms with E-state index in [4.69, 9.17) is 0 Å². The summed E-state index contributed by atoms with van der Waals surface area (Å²) in [4.78, 5) is 36.3. The van der Waals surface area contributed by atoms with Gasteiger partial charge >= 0.3 is 6.03 Å². The molecule has 2 aliphatic rings. The van der Waals surface area contributed by atoms with Crippen LogP contribution in [0.3, 0.4) is 0 Å². The first-order valence-electron chi connectivity index (χ1n) is 11.3. The summed E-state index contributed by atoms with van der Waals surface area (Å²) >= 11 is 1.84. The number of hydrogen-bond donors (Lipinski definition) is 0. The number of piperidine rings is 1. The highest BCUT2D eigenvalue weighted by Crippen LogP contribution is 2.37. The summed E-state index contributed by atoms with van der Waals surface area (Å²) in [5.74, 6) is -0.00657. The van der Waals surface area contributed by atoms with Crippen molar-refractivity contribution in [2.24, 2.45) is 0 Å². The number of aromatic amines is 1. The molecule has 2 aliphatic heterocycles. The van der Waals surface area contributed by atoms with Crippen LogP contribution < -0.4 is 4.98 Å². The summed E-state index contributed by atoms with van der Waals surface area (Å²) in [7, 11) is 1.80. The fourth-order valence-corrected chi connectivity index (χ4v) is 6.14. The van der Waals surface area contributed by atoms with E-state index in [0.717, 1.165) is 32.5 Å². The lowest BCUT2D eigenvalue weighted by atomic mass is 9.86. The number of carbonyl (C=O) groups is 2. The smallest absolute Gasteiger partial charge is 0.312 e. The summed E-state index contributed by atoms with van der Waals surface area (Å²) in [5.41, 5.74) is 0.538. The molecule has 166 valence electrons. The molecule has 5 rings (SSSR count). The monoisotopic (exact) mass is 449 g/mol. The number of fused-ring (bicyclic) bond motifs is 1. The Morgan fingerprint density at radius 1 is 1.06 bits per heavy atom. The molecule has 1 aromatic carbocycles. The van der Waals surface area contributed by atoms with Crippen molar-refractivity contribution in [3.05, 3.63) is 65.3 Å². The molecule has 1 N–H and O–H groups in total. The third-order valence-electron chi connectivity index (χ3n) is 6.98. The molecule has 6 nitrogen and oxygen atoms in total. The number of aromatic nitrogens is 1. The zero-order valence-electron chi connectivity index (χ0n) is 18.4. The number of aryl methyl sites for hydroxylation is 1. The fraction of sp³-hybridized carbons (Fsp3) is 0.400. The van der Waals surface area contributed by atoms with Gasteiger partial charge in [0, 0.05) is 54.9 Å². The van der Waals surface area contributed by atoms with Crippen molar-refractivity contribution in [3.8, 4) is 0 Å². The maximum absolute atomic E-state index is 13.4. The highest BCUT2D eigenvalue weighted by molar-refractivity contribution is 7.19. The molecule has 7 heteroatoms. The largest absolute Gasteiger partial charge is 0.327 e. The zero-order chi connectivity index (χ0) is 22.1. The van der Waals surface area contributed by atoms with Crippen molar-refractivity contribution < 1.29 is 14.6 Å². The van der Waals surface area contributed by atoms with Crippen molar-refractivity contribution in [3.63, 3.8) is 0 Å². The molecule has 0 atom stereocenters. The quantitative estimate of drug-likeness (QED) is 0.541. The van der Waals surface area contributed by atoms with E-state index in [0.29, 0.717) is 19.4 Å². The number of pyridine rings is 1. The van der Waals surface area contributed by atoms with E-state index in [1.54, 1.807) is 11.9 Å². The fourth-order valence-electron chi connectivity index (χ4n) is 5.04. The van der Waals surface area contributed by atoms with E-state index in [9.17, 15) is 9.59 Å². The van der Waals surface area contributed by atoms with Gasteiger partial charge in [-0.15, -0.1) is 11.3 Å². The van der Waals surface area contributed by atoms with Crippen LogP contribution >= 0.6 is 11.3 Å². The Morgan fingerprint density at radius 2 is 1.81 bits per heavy atom. The van der Waals surface area contributed by atoms with E-state index in [-0.39, 0.29) is 11.9 Å². The van der Waals surface area contributed by atoms with E-state index in [1.165, 1.54) is 25.4 Å². The average Bonchev–Trinajstić information content (AvgIpc) is 3.30. The van der Waals surface area contributed by atoms with Crippen molar-refractivity contribution in [1.29, 1.82) is 0 Å². The molecule has 0 radical (unpaired) electrons. The van der Waals surface area contributed by atoms with Crippen LogP contribution in [0.2, 0.25) is 0 Å². The minimum Gasteiger partial charge on any atom is -0.312 e. The number of hydrogen-bond acceptors (Lipinski definition) is 4. The first-order chi connectivity index (χ1) is 15.6. The second-order valence-corrected chi connectivity index (χ2v) is 10.0. The molecule has 0 unspecified atom stereocenters. The van der Waals surface area contributed by atoms with Crippen LogP contribution in [0.15, 0.2) is 54.9 Å². The lowest BCUT2D eigenvalue weighted by molar-refractivity contribution is -0.378. The third-order valence-corrected chi connectivity index (χ3v) is 8.08. The van der Waals surface area contributed by atoms with Gasteiger partial charge in [0.15, 0.2) is 12.4 Å². The number of amides is 3. The number of benzene rings is 1. The number of rotatable bonds is 6. The van der Waals surface area contributed by atoms with Gasteiger partial charge in [-0.25, -0.2) is 9.78 Å². The molecular formula is C25H29N4O2S+. The van der Waals surface area contributed by atoms with Crippen molar-refractivity contribution >= 4 is 33.4 Å². The summed E-state index contributed by atoms with van der Waals surface area (Å²) in [6.07, 6.45) is 6.83. The second-order valence-electron chi connectivity index (χ2n) is 8.87. The Hall–Kier alpha value is -2.77. The van der Waals surface area contributed by atoms with E-state index >= 15 is 0 Å². The minimum atomic E-state index is -0.671. The molecule has 32 heavy (non-hydrogen) atoms. The van der Waals surface area contributed by atoms with Crippen LogP contribution in [0.5, 0.6) is 0 Å². The van der Waals surface area contributed by atoms with Gasteiger partial charge in [0.25, 0.3) is 5.91 Å². The van der Waals surface area contributed by atoms with E-state index in [1.807, 2.05) is 35.9 Å². The minimum absolute atomic E-state index is 0.00657. The molecule has 2 aromatic heterocycles. The van der Waals surface area contributed by atoms with Crippen molar-refractivity contribution in [2.75, 3.05) is 26.7 Å². The van der Waals surface area contributed by atoms with Crippen LogP contribution in [-0.4, -0.2) is 58.9 Å². The predicted octanol–water partition coefficient (Wildman–Crippen LogP) is 3.58. The van der Waals surface area contributed by atoms with Crippen LogP contribution in [0, 0.1) is 0 Å². The lowest BCUT2D eigenvalue weighted by Crippen LogP contribution is -2.55. The molecule has 0 saturated carbocycles. The van der Waals surface area contributed by atoms with Gasteiger partial charge in [-0.05, 0) is 48.8 Å². The van der Waals surface area contributed by atoms with E-state index in [2.05, 4.69) is 40.2 Å². The molecule has 0 aliphatic carbocycles. The number of likely N-dealkylation sites (N-methyl/N-ethyl adjacent to an activating group) is 1. The Labute approximate surface area is 192 Å². The standard InChI is InChI=1S/C25H28N4O2S/c1-27-24(31)29(14-4-5-19-8-12-26-13-9-19)23(30)25(27)10-15-28(16-11-25)18-21-17-20-6-2-3-7-22(20)32-21/h2-3,6-9,12-13,17H,4-5,10-11,14-16,18H2,1H3/p+1. The van der Waals surface area contributed by atoms with Gasteiger partial charge in [-0.2, -0.15) is 0 Å². The Balaban J connectivity index is 1.20. The molecule has 2 saturated heterocycles. The summed E-state index contributed by atoms with van der Waals surface area (Å²) in [6, 6.07) is 14.7. The average molecular weight is 450 g/mol. The van der Waals surface area contributed by atoms with Gasteiger partial charge in [0.1, 0.15) is 5.54 Å². The molecule has 3 aromatic rings. The number of urea groups is 1. The summed E-state index contributed by atoms with van der Waals surface area (Å²) in [5, 5.41) is 1.29. The molecule has 2 fully saturated rings. The van der Waals surface area contributed by atoms with Gasteiger partial charge in [0.2, 0.25) is 0 Å². The van der Waals surface area contributed by atoms with Crippen LogP contribution in [0.25, 0.3) is 10.1 Å². The summed E-state index contributed by atoms with van der Waals surface area (Å²) < 4.78 is 1.32. The third kappa shape index (κ3) is 3.80. The Morgan fingerprint density at radius 3 is 2.56 bits per heavy atom. The van der Waals surface area contributed by atoms with Gasteiger partial charge in [-0.1, -0.05) is 18.2 Å². The molecule has 3 amide bonds. The van der Waals surface area contributed by atoms with Gasteiger partial charge in [-0.3, -0.25) is 14.6 Å². The molecule has 1 spiro atoms. The number of nitrogens with zero attached hydrogens (tertiary/aromatic N) is 3. The van der Waals surface area contributed by atoms with Crippen molar-refractivity contribution in [1.82, 2.24) is 14.7 Å².